The lowest BCUT2D eigenvalue weighted by molar-refractivity contribution is 0.354. The molecule has 0 saturated heterocycles. The fraction of sp³-hybridized carbons (Fsp3) is 0.105. The Morgan fingerprint density at radius 2 is 1.92 bits per heavy atom. The summed E-state index contributed by atoms with van der Waals surface area (Å²) < 4.78 is 10.7. The van der Waals surface area contributed by atoms with Crippen LogP contribution in [0.25, 0.3) is 21.9 Å². The number of benzene rings is 2. The second kappa shape index (κ2) is 6.72. The number of fused-ring (bicyclic) bond motifs is 3. The Hall–Kier alpha value is -3.61. The molecule has 0 fully saturated rings. The van der Waals surface area contributed by atoms with Crippen LogP contribution in [0.5, 0.6) is 11.5 Å². The minimum Gasteiger partial charge on any atom is -0.493 e. The number of aromatic amines is 1. The highest BCUT2D eigenvalue weighted by Gasteiger charge is 2.10. The fourth-order valence-electron chi connectivity index (χ4n) is 2.90. The molecule has 4 aromatic rings. The molecule has 2 N–H and O–H groups in total. The van der Waals surface area contributed by atoms with Crippen LogP contribution in [0.1, 0.15) is 5.56 Å². The lowest BCUT2D eigenvalue weighted by atomic mass is 10.2. The van der Waals surface area contributed by atoms with Gasteiger partial charge in [0.2, 0.25) is 0 Å². The van der Waals surface area contributed by atoms with Crippen molar-refractivity contribution in [2.45, 2.75) is 0 Å². The zero-order chi connectivity index (χ0) is 17.9. The highest BCUT2D eigenvalue weighted by Crippen LogP contribution is 2.30. The number of rotatable bonds is 5. The summed E-state index contributed by atoms with van der Waals surface area (Å²) in [6, 6.07) is 13.6. The number of H-pyrrole nitrogens is 1. The standard InChI is InChI=1S/C19H17N5O2/c1-25-15-9-5-6-12(18(15)26-2)10-22-24-19-17-16(20-11-21-19)13-7-3-4-8-14(13)23-17/h3-11,23H,1-2H3,(H,20,21,24)/b22-10+. The molecule has 130 valence electrons. The predicted molar refractivity (Wildman–Crippen MR) is 102 cm³/mol. The van der Waals surface area contributed by atoms with Crippen molar-refractivity contribution in [3.63, 3.8) is 0 Å². The molecule has 0 aliphatic heterocycles. The Bertz CT molecular complexity index is 1100. The molecule has 0 spiro atoms. The van der Waals surface area contributed by atoms with E-state index in [9.17, 15) is 0 Å². The van der Waals surface area contributed by atoms with E-state index in [0.29, 0.717) is 17.3 Å². The van der Waals surface area contributed by atoms with Crippen LogP contribution in [0.3, 0.4) is 0 Å². The van der Waals surface area contributed by atoms with Crippen molar-refractivity contribution in [3.8, 4) is 11.5 Å². The Labute approximate surface area is 149 Å². The number of hydrogen-bond acceptors (Lipinski definition) is 6. The molecule has 0 aliphatic carbocycles. The molecule has 4 rings (SSSR count). The van der Waals surface area contributed by atoms with E-state index in [1.807, 2.05) is 42.5 Å². The Morgan fingerprint density at radius 3 is 2.77 bits per heavy atom. The number of ether oxygens (including phenoxy) is 2. The number of hydrogen-bond donors (Lipinski definition) is 2. The van der Waals surface area contributed by atoms with Gasteiger partial charge >= 0.3 is 0 Å². The molecule has 0 radical (unpaired) electrons. The zero-order valence-corrected chi connectivity index (χ0v) is 14.4. The summed E-state index contributed by atoms with van der Waals surface area (Å²) in [7, 11) is 3.20. The first-order valence-corrected chi connectivity index (χ1v) is 8.03. The normalized spacial score (nSPS) is 11.3. The molecule has 7 nitrogen and oxygen atoms in total. The maximum Gasteiger partial charge on any atom is 0.174 e. The second-order valence-corrected chi connectivity index (χ2v) is 5.57. The monoisotopic (exact) mass is 347 g/mol. The molecule has 2 aromatic heterocycles. The van der Waals surface area contributed by atoms with E-state index in [1.165, 1.54) is 6.33 Å². The highest BCUT2D eigenvalue weighted by atomic mass is 16.5. The summed E-state index contributed by atoms with van der Waals surface area (Å²) in [4.78, 5) is 12.0. The molecule has 0 saturated carbocycles. The van der Waals surface area contributed by atoms with Gasteiger partial charge in [-0.1, -0.05) is 24.3 Å². The molecule has 0 aliphatic rings. The SMILES string of the molecule is COc1cccc(/C=N/Nc2ncnc3c2[nH]c2ccccc23)c1OC. The second-order valence-electron chi connectivity index (χ2n) is 5.57. The number of nitrogens with zero attached hydrogens (tertiary/aromatic N) is 3. The number of nitrogens with one attached hydrogen (secondary N) is 2. The Morgan fingerprint density at radius 1 is 1.04 bits per heavy atom. The highest BCUT2D eigenvalue weighted by molar-refractivity contribution is 6.08. The van der Waals surface area contributed by atoms with Gasteiger partial charge in [-0.3, -0.25) is 5.43 Å². The average molecular weight is 347 g/mol. The van der Waals surface area contributed by atoms with Gasteiger partial charge in [-0.15, -0.1) is 0 Å². The van der Waals surface area contributed by atoms with Crippen molar-refractivity contribution in [1.82, 2.24) is 15.0 Å². The third kappa shape index (κ3) is 2.69. The van der Waals surface area contributed by atoms with Gasteiger partial charge in [-0.25, -0.2) is 9.97 Å². The first kappa shape index (κ1) is 15.9. The van der Waals surface area contributed by atoms with Crippen molar-refractivity contribution in [2.24, 2.45) is 5.10 Å². The van der Waals surface area contributed by atoms with Crippen LogP contribution in [-0.4, -0.2) is 35.4 Å². The van der Waals surface area contributed by atoms with E-state index in [1.54, 1.807) is 20.4 Å². The van der Waals surface area contributed by atoms with E-state index in [2.05, 4.69) is 25.5 Å². The van der Waals surface area contributed by atoms with Crippen LogP contribution in [0.15, 0.2) is 53.9 Å². The van der Waals surface area contributed by atoms with Crippen molar-refractivity contribution < 1.29 is 9.47 Å². The molecule has 26 heavy (non-hydrogen) atoms. The van der Waals surface area contributed by atoms with Gasteiger partial charge in [0.15, 0.2) is 17.3 Å². The summed E-state index contributed by atoms with van der Waals surface area (Å²) in [6.45, 7) is 0. The van der Waals surface area contributed by atoms with Crippen LogP contribution in [0.2, 0.25) is 0 Å². The number of anilines is 1. The zero-order valence-electron chi connectivity index (χ0n) is 14.4. The van der Waals surface area contributed by atoms with E-state index in [4.69, 9.17) is 9.47 Å². The molecular weight excluding hydrogens is 330 g/mol. The topological polar surface area (TPSA) is 84.4 Å². The van der Waals surface area contributed by atoms with E-state index < -0.39 is 0 Å². The Balaban J connectivity index is 1.67. The molecule has 2 heterocycles. The summed E-state index contributed by atoms with van der Waals surface area (Å²) >= 11 is 0. The summed E-state index contributed by atoms with van der Waals surface area (Å²) in [5.74, 6) is 1.87. The van der Waals surface area contributed by atoms with Crippen LogP contribution < -0.4 is 14.9 Å². The van der Waals surface area contributed by atoms with Gasteiger partial charge in [0.1, 0.15) is 17.4 Å². The van der Waals surface area contributed by atoms with Crippen molar-refractivity contribution in [1.29, 1.82) is 0 Å². The minimum atomic E-state index is 0.601. The average Bonchev–Trinajstić information content (AvgIpc) is 3.07. The van der Waals surface area contributed by atoms with Crippen LogP contribution in [-0.2, 0) is 0 Å². The van der Waals surface area contributed by atoms with Gasteiger partial charge in [0, 0.05) is 16.5 Å². The van der Waals surface area contributed by atoms with Gasteiger partial charge in [-0.05, 0) is 18.2 Å². The third-order valence-electron chi connectivity index (χ3n) is 4.10. The molecular formula is C19H17N5O2. The third-order valence-corrected chi connectivity index (χ3v) is 4.10. The maximum absolute atomic E-state index is 5.40. The van der Waals surface area contributed by atoms with Gasteiger partial charge in [0.05, 0.1) is 20.4 Å². The minimum absolute atomic E-state index is 0.601. The van der Waals surface area contributed by atoms with Crippen LogP contribution >= 0.6 is 0 Å². The first-order chi connectivity index (χ1) is 12.8. The number of hydrazone groups is 1. The number of para-hydroxylation sites is 2. The van der Waals surface area contributed by atoms with E-state index >= 15 is 0 Å². The van der Waals surface area contributed by atoms with Crippen molar-refractivity contribution >= 4 is 34.0 Å². The fourth-order valence-corrected chi connectivity index (χ4v) is 2.90. The smallest absolute Gasteiger partial charge is 0.174 e. The summed E-state index contributed by atoms with van der Waals surface area (Å²) in [5, 5.41) is 5.34. The molecule has 2 aromatic carbocycles. The Kier molecular flexibility index (Phi) is 4.10. The van der Waals surface area contributed by atoms with Gasteiger partial charge < -0.3 is 14.5 Å². The van der Waals surface area contributed by atoms with Crippen LogP contribution in [0, 0.1) is 0 Å². The summed E-state index contributed by atoms with van der Waals surface area (Å²) in [5.41, 5.74) is 6.44. The largest absolute Gasteiger partial charge is 0.493 e. The lowest BCUT2D eigenvalue weighted by Gasteiger charge is -2.09. The number of aromatic nitrogens is 3. The molecule has 0 atom stereocenters. The predicted octanol–water partition coefficient (Wildman–Crippen LogP) is 3.57. The van der Waals surface area contributed by atoms with Crippen molar-refractivity contribution in [3.05, 3.63) is 54.4 Å². The van der Waals surface area contributed by atoms with E-state index in [-0.39, 0.29) is 0 Å². The quantitative estimate of drug-likeness (QED) is 0.426. The van der Waals surface area contributed by atoms with E-state index in [0.717, 1.165) is 27.5 Å². The van der Waals surface area contributed by atoms with Gasteiger partial charge in [-0.2, -0.15) is 5.10 Å². The molecule has 0 bridgehead atoms. The molecule has 0 amide bonds. The summed E-state index contributed by atoms with van der Waals surface area (Å²) in [6.07, 6.45) is 3.19. The number of methoxy groups -OCH3 is 2. The molecule has 0 unspecified atom stereocenters. The lowest BCUT2D eigenvalue weighted by Crippen LogP contribution is -1.98. The first-order valence-electron chi connectivity index (χ1n) is 8.03. The van der Waals surface area contributed by atoms with Gasteiger partial charge in [0.25, 0.3) is 0 Å². The van der Waals surface area contributed by atoms with Crippen molar-refractivity contribution in [2.75, 3.05) is 19.6 Å². The molecule has 7 heteroatoms. The van der Waals surface area contributed by atoms with Crippen LogP contribution in [0.4, 0.5) is 5.82 Å². The maximum atomic E-state index is 5.40.